The van der Waals surface area contributed by atoms with Crippen molar-refractivity contribution in [2.24, 2.45) is 11.3 Å². The molecule has 0 aromatic carbocycles. The summed E-state index contributed by atoms with van der Waals surface area (Å²) in [6, 6.07) is 0. The van der Waals surface area contributed by atoms with Crippen molar-refractivity contribution in [1.82, 2.24) is 5.32 Å². The Balaban J connectivity index is 2.31. The molecule has 1 aliphatic rings. The molecule has 1 saturated carbocycles. The second kappa shape index (κ2) is 9.06. The summed E-state index contributed by atoms with van der Waals surface area (Å²) in [6.07, 6.45) is 9.50. The van der Waals surface area contributed by atoms with E-state index in [-0.39, 0.29) is 17.7 Å². The van der Waals surface area contributed by atoms with Gasteiger partial charge in [0.25, 0.3) is 0 Å². The third-order valence-electron chi connectivity index (χ3n) is 4.81. The molecule has 0 bridgehead atoms. The summed E-state index contributed by atoms with van der Waals surface area (Å²) in [4.78, 5) is 23.0. The number of carboxylic acids is 1. The van der Waals surface area contributed by atoms with E-state index in [0.29, 0.717) is 12.5 Å². The first-order valence-corrected chi connectivity index (χ1v) is 8.48. The molecule has 122 valence electrons. The zero-order valence-corrected chi connectivity index (χ0v) is 13.6. The lowest BCUT2D eigenvalue weighted by Crippen LogP contribution is -2.41. The molecule has 0 radical (unpaired) electrons. The Hall–Kier alpha value is -1.06. The number of amides is 1. The Morgan fingerprint density at radius 3 is 2.38 bits per heavy atom. The maximum Gasteiger partial charge on any atom is 0.303 e. The minimum atomic E-state index is -0.727. The van der Waals surface area contributed by atoms with E-state index >= 15 is 0 Å². The van der Waals surface area contributed by atoms with Crippen LogP contribution in [0.2, 0.25) is 0 Å². The quantitative estimate of drug-likeness (QED) is 0.681. The van der Waals surface area contributed by atoms with Crippen molar-refractivity contribution >= 4 is 11.9 Å². The van der Waals surface area contributed by atoms with E-state index in [0.717, 1.165) is 51.4 Å². The monoisotopic (exact) mass is 297 g/mol. The Labute approximate surface area is 128 Å². The van der Waals surface area contributed by atoms with Crippen molar-refractivity contribution in [3.8, 4) is 0 Å². The fraction of sp³-hybridized carbons (Fsp3) is 0.882. The van der Waals surface area contributed by atoms with Crippen LogP contribution in [0.3, 0.4) is 0 Å². The van der Waals surface area contributed by atoms with Gasteiger partial charge in [-0.25, -0.2) is 0 Å². The van der Waals surface area contributed by atoms with Crippen LogP contribution in [0.4, 0.5) is 0 Å². The van der Waals surface area contributed by atoms with E-state index in [1.54, 1.807) is 0 Å². The summed E-state index contributed by atoms with van der Waals surface area (Å²) in [5, 5.41) is 11.9. The third kappa shape index (κ3) is 6.49. The molecule has 4 heteroatoms. The number of hydrogen-bond acceptors (Lipinski definition) is 2. The number of carbonyl (C=O) groups is 2. The first-order chi connectivity index (χ1) is 9.98. The molecule has 1 atom stereocenters. The van der Waals surface area contributed by atoms with E-state index in [2.05, 4.69) is 19.2 Å². The summed E-state index contributed by atoms with van der Waals surface area (Å²) in [5.41, 5.74) is -0.181. The fourth-order valence-corrected chi connectivity index (χ4v) is 3.33. The third-order valence-corrected chi connectivity index (χ3v) is 4.81. The lowest BCUT2D eigenvalue weighted by atomic mass is 9.75. The fourth-order valence-electron chi connectivity index (χ4n) is 3.33. The summed E-state index contributed by atoms with van der Waals surface area (Å²) in [5.74, 6) is -0.129. The Kier molecular flexibility index (Phi) is 7.76. The molecule has 1 rings (SSSR count). The number of hydrogen-bond donors (Lipinski definition) is 2. The van der Waals surface area contributed by atoms with Crippen LogP contribution in [0.1, 0.15) is 78.1 Å². The Bertz CT molecular complexity index is 335. The molecule has 0 spiro atoms. The highest BCUT2D eigenvalue weighted by Crippen LogP contribution is 2.35. The van der Waals surface area contributed by atoms with Crippen LogP contribution in [-0.4, -0.2) is 23.5 Å². The molecule has 1 unspecified atom stereocenters. The maximum atomic E-state index is 12.3. The van der Waals surface area contributed by atoms with Crippen LogP contribution < -0.4 is 5.32 Å². The first-order valence-electron chi connectivity index (χ1n) is 8.48. The SMILES string of the molecule is CCCC(CCNC(=O)C1(C)CCCCC1)CCC(=O)O. The molecule has 0 aliphatic heterocycles. The largest absolute Gasteiger partial charge is 0.481 e. The van der Waals surface area contributed by atoms with Gasteiger partial charge in [0.2, 0.25) is 5.91 Å². The zero-order valence-electron chi connectivity index (χ0n) is 13.6. The predicted molar refractivity (Wildman–Crippen MR) is 84.1 cm³/mol. The van der Waals surface area contributed by atoms with Crippen LogP contribution in [-0.2, 0) is 9.59 Å². The molecule has 2 N–H and O–H groups in total. The highest BCUT2D eigenvalue weighted by Gasteiger charge is 2.34. The van der Waals surface area contributed by atoms with Gasteiger partial charge < -0.3 is 10.4 Å². The summed E-state index contributed by atoms with van der Waals surface area (Å²) < 4.78 is 0. The molecule has 4 nitrogen and oxygen atoms in total. The zero-order chi connectivity index (χ0) is 15.7. The molecule has 0 aromatic heterocycles. The van der Waals surface area contributed by atoms with Gasteiger partial charge in [-0.3, -0.25) is 9.59 Å². The molecule has 21 heavy (non-hydrogen) atoms. The molecule has 1 fully saturated rings. The molecule has 0 aromatic rings. The number of rotatable bonds is 9. The van der Waals surface area contributed by atoms with E-state index in [1.807, 2.05) is 0 Å². The summed E-state index contributed by atoms with van der Waals surface area (Å²) in [6.45, 7) is 4.88. The number of nitrogens with one attached hydrogen (secondary N) is 1. The van der Waals surface area contributed by atoms with Crippen molar-refractivity contribution in [1.29, 1.82) is 0 Å². The lowest BCUT2D eigenvalue weighted by molar-refractivity contribution is -0.137. The normalized spacial score (nSPS) is 19.0. The van der Waals surface area contributed by atoms with Gasteiger partial charge in [-0.05, 0) is 31.6 Å². The molecule has 0 heterocycles. The topological polar surface area (TPSA) is 66.4 Å². The van der Waals surface area contributed by atoms with Crippen LogP contribution in [0.15, 0.2) is 0 Å². The Morgan fingerprint density at radius 2 is 1.81 bits per heavy atom. The van der Waals surface area contributed by atoms with Crippen LogP contribution in [0.5, 0.6) is 0 Å². The average molecular weight is 297 g/mol. The minimum Gasteiger partial charge on any atom is -0.481 e. The van der Waals surface area contributed by atoms with Gasteiger partial charge in [0.05, 0.1) is 0 Å². The molecular formula is C17H31NO3. The minimum absolute atomic E-state index is 0.181. The van der Waals surface area contributed by atoms with Gasteiger partial charge in [0, 0.05) is 18.4 Å². The van der Waals surface area contributed by atoms with Gasteiger partial charge in [-0.2, -0.15) is 0 Å². The highest BCUT2D eigenvalue weighted by molar-refractivity contribution is 5.82. The van der Waals surface area contributed by atoms with Crippen molar-refractivity contribution in [2.75, 3.05) is 6.54 Å². The van der Waals surface area contributed by atoms with Crippen molar-refractivity contribution in [3.05, 3.63) is 0 Å². The maximum absolute atomic E-state index is 12.3. The van der Waals surface area contributed by atoms with Crippen LogP contribution in [0, 0.1) is 11.3 Å². The van der Waals surface area contributed by atoms with Gasteiger partial charge in [0.1, 0.15) is 0 Å². The lowest BCUT2D eigenvalue weighted by Gasteiger charge is -2.32. The van der Waals surface area contributed by atoms with Crippen molar-refractivity contribution in [3.63, 3.8) is 0 Å². The predicted octanol–water partition coefficient (Wildman–Crippen LogP) is 3.74. The second-order valence-electron chi connectivity index (χ2n) is 6.75. The Morgan fingerprint density at radius 1 is 1.14 bits per heavy atom. The molecule has 0 saturated heterocycles. The van der Waals surface area contributed by atoms with Crippen LogP contribution in [0.25, 0.3) is 0 Å². The van der Waals surface area contributed by atoms with Crippen molar-refractivity contribution < 1.29 is 14.7 Å². The van der Waals surface area contributed by atoms with E-state index in [9.17, 15) is 9.59 Å². The van der Waals surface area contributed by atoms with Gasteiger partial charge in [-0.1, -0.05) is 46.0 Å². The van der Waals surface area contributed by atoms with Gasteiger partial charge in [-0.15, -0.1) is 0 Å². The standard InChI is InChI=1S/C17H31NO3/c1-3-7-14(8-9-15(19)20)10-13-18-16(21)17(2)11-5-4-6-12-17/h14H,3-13H2,1-2H3,(H,18,21)(H,19,20). The van der Waals surface area contributed by atoms with E-state index < -0.39 is 5.97 Å². The number of aliphatic carboxylic acids is 1. The van der Waals surface area contributed by atoms with E-state index in [4.69, 9.17) is 5.11 Å². The van der Waals surface area contributed by atoms with E-state index in [1.165, 1.54) is 6.42 Å². The molecular weight excluding hydrogens is 266 g/mol. The van der Waals surface area contributed by atoms with Gasteiger partial charge in [0.15, 0.2) is 0 Å². The van der Waals surface area contributed by atoms with Crippen LogP contribution >= 0.6 is 0 Å². The molecule has 1 amide bonds. The summed E-state index contributed by atoms with van der Waals surface area (Å²) in [7, 11) is 0. The first kappa shape index (κ1) is 18.0. The number of carboxylic acid groups (broad SMARTS) is 1. The molecule has 1 aliphatic carbocycles. The average Bonchev–Trinajstić information content (AvgIpc) is 2.45. The number of carbonyl (C=O) groups excluding carboxylic acids is 1. The second-order valence-corrected chi connectivity index (χ2v) is 6.75. The van der Waals surface area contributed by atoms with Gasteiger partial charge >= 0.3 is 5.97 Å². The highest BCUT2D eigenvalue weighted by atomic mass is 16.4. The van der Waals surface area contributed by atoms with Crippen molar-refractivity contribution in [2.45, 2.75) is 78.1 Å². The summed E-state index contributed by atoms with van der Waals surface area (Å²) >= 11 is 0. The smallest absolute Gasteiger partial charge is 0.303 e.